The number of nitrogen functional groups attached to an aromatic ring is 1. The Morgan fingerprint density at radius 3 is 2.93 bits per heavy atom. The van der Waals surface area contributed by atoms with Crippen molar-refractivity contribution in [3.63, 3.8) is 0 Å². The fourth-order valence-electron chi connectivity index (χ4n) is 1.09. The number of hydrogen-bond donors (Lipinski definition) is 1. The van der Waals surface area contributed by atoms with Crippen LogP contribution in [0.4, 0.5) is 5.69 Å². The first-order valence-corrected chi connectivity index (χ1v) is 6.93. The molecule has 2 heterocycles. The van der Waals surface area contributed by atoms with E-state index in [9.17, 15) is 0 Å². The molecule has 2 rings (SSSR count). The number of halogens is 1. The van der Waals surface area contributed by atoms with Crippen molar-refractivity contribution in [1.29, 1.82) is 0 Å². The molecule has 2 N–H and O–H groups in total. The van der Waals surface area contributed by atoms with E-state index in [4.69, 9.17) is 5.73 Å². The summed E-state index contributed by atoms with van der Waals surface area (Å²) in [6, 6.07) is 7.89. The van der Waals surface area contributed by atoms with Gasteiger partial charge in [0.2, 0.25) is 0 Å². The smallest absolute Gasteiger partial charge is 0.119 e. The summed E-state index contributed by atoms with van der Waals surface area (Å²) in [6.45, 7) is 0. The Labute approximate surface area is 105 Å². The van der Waals surface area contributed by atoms with E-state index in [0.717, 1.165) is 20.3 Å². The minimum absolute atomic E-state index is 0.748. The van der Waals surface area contributed by atoms with E-state index in [0.29, 0.717) is 0 Å². The highest BCUT2D eigenvalue weighted by Gasteiger charge is 2.02. The third-order valence-electron chi connectivity index (χ3n) is 1.78. The Morgan fingerprint density at radius 2 is 2.27 bits per heavy atom. The van der Waals surface area contributed by atoms with Gasteiger partial charge in [-0.15, -0.1) is 11.3 Å². The molecule has 0 unspecified atom stereocenters. The quantitative estimate of drug-likeness (QED) is 0.877. The predicted octanol–water partition coefficient (Wildman–Crippen LogP) is 3.78. The summed E-state index contributed by atoms with van der Waals surface area (Å²) in [7, 11) is 0. The summed E-state index contributed by atoms with van der Waals surface area (Å²) in [6.07, 6.45) is 1.77. The third kappa shape index (κ3) is 2.96. The second-order valence-corrected chi connectivity index (χ2v) is 6.40. The van der Waals surface area contributed by atoms with Crippen molar-refractivity contribution < 1.29 is 0 Å². The SMILES string of the molecule is Nc1cccnc1SCc1ccc(Br)s1. The van der Waals surface area contributed by atoms with E-state index in [-0.39, 0.29) is 0 Å². The van der Waals surface area contributed by atoms with Crippen molar-refractivity contribution >= 4 is 44.7 Å². The predicted molar refractivity (Wildman–Crippen MR) is 70.2 cm³/mol. The highest BCUT2D eigenvalue weighted by molar-refractivity contribution is 9.11. The summed E-state index contributed by atoms with van der Waals surface area (Å²) in [5.74, 6) is 0.914. The van der Waals surface area contributed by atoms with E-state index in [1.54, 1.807) is 29.3 Å². The Bertz CT molecular complexity index is 456. The number of aromatic nitrogens is 1. The molecule has 0 aliphatic rings. The number of nitrogens with two attached hydrogens (primary N) is 1. The monoisotopic (exact) mass is 300 g/mol. The van der Waals surface area contributed by atoms with Crippen LogP contribution in [0.3, 0.4) is 0 Å². The first kappa shape index (κ1) is 11.0. The lowest BCUT2D eigenvalue weighted by Crippen LogP contribution is -1.90. The lowest BCUT2D eigenvalue weighted by atomic mass is 10.4. The van der Waals surface area contributed by atoms with Crippen LogP contribution < -0.4 is 5.73 Å². The van der Waals surface area contributed by atoms with Gasteiger partial charge >= 0.3 is 0 Å². The summed E-state index contributed by atoms with van der Waals surface area (Å²) < 4.78 is 1.16. The minimum atomic E-state index is 0.748. The average molecular weight is 301 g/mol. The lowest BCUT2D eigenvalue weighted by molar-refractivity contribution is 1.14. The molecule has 0 radical (unpaired) electrons. The van der Waals surface area contributed by atoms with Crippen molar-refractivity contribution in [3.05, 3.63) is 39.1 Å². The molecule has 5 heteroatoms. The number of hydrogen-bond acceptors (Lipinski definition) is 4. The van der Waals surface area contributed by atoms with Crippen LogP contribution in [0.2, 0.25) is 0 Å². The molecule has 0 atom stereocenters. The highest BCUT2D eigenvalue weighted by Crippen LogP contribution is 2.30. The fraction of sp³-hybridized carbons (Fsp3) is 0.100. The van der Waals surface area contributed by atoms with Gasteiger partial charge in [0.05, 0.1) is 9.47 Å². The molecular formula is C10H9BrN2S2. The molecule has 0 amide bonds. The molecule has 15 heavy (non-hydrogen) atoms. The molecule has 0 saturated carbocycles. The highest BCUT2D eigenvalue weighted by atomic mass is 79.9. The number of rotatable bonds is 3. The first-order valence-electron chi connectivity index (χ1n) is 4.33. The lowest BCUT2D eigenvalue weighted by Gasteiger charge is -2.01. The van der Waals surface area contributed by atoms with Crippen LogP contribution >= 0.6 is 39.0 Å². The van der Waals surface area contributed by atoms with E-state index in [2.05, 4.69) is 33.0 Å². The summed E-state index contributed by atoms with van der Waals surface area (Å²) in [5, 5.41) is 0.905. The second kappa shape index (κ2) is 5.01. The maximum absolute atomic E-state index is 5.80. The van der Waals surface area contributed by atoms with E-state index >= 15 is 0 Å². The molecule has 0 fully saturated rings. The van der Waals surface area contributed by atoms with Crippen LogP contribution in [0.25, 0.3) is 0 Å². The number of anilines is 1. The zero-order valence-electron chi connectivity index (χ0n) is 7.81. The molecule has 2 aromatic rings. The standard InChI is InChI=1S/C10H9BrN2S2/c11-9-4-3-7(15-9)6-14-10-8(12)2-1-5-13-10/h1-5H,6,12H2. The van der Waals surface area contributed by atoms with Gasteiger partial charge < -0.3 is 5.73 Å². The summed E-state index contributed by atoms with van der Waals surface area (Å²) in [4.78, 5) is 5.55. The molecule has 0 saturated heterocycles. The van der Waals surface area contributed by atoms with Gasteiger partial charge in [0.1, 0.15) is 5.03 Å². The minimum Gasteiger partial charge on any atom is -0.397 e. The maximum Gasteiger partial charge on any atom is 0.119 e. The molecule has 2 aromatic heterocycles. The van der Waals surface area contributed by atoms with Gasteiger partial charge in [-0.3, -0.25) is 0 Å². The van der Waals surface area contributed by atoms with Gasteiger partial charge in [0, 0.05) is 16.8 Å². The topological polar surface area (TPSA) is 38.9 Å². The van der Waals surface area contributed by atoms with Gasteiger partial charge in [-0.1, -0.05) is 11.8 Å². The second-order valence-electron chi connectivity index (χ2n) is 2.89. The number of nitrogens with zero attached hydrogens (tertiary/aromatic N) is 1. The van der Waals surface area contributed by atoms with Gasteiger partial charge in [-0.2, -0.15) is 0 Å². The van der Waals surface area contributed by atoms with Crippen LogP contribution in [0, 0.1) is 0 Å². The van der Waals surface area contributed by atoms with Crippen molar-refractivity contribution in [2.24, 2.45) is 0 Å². The van der Waals surface area contributed by atoms with Crippen molar-refractivity contribution in [3.8, 4) is 0 Å². The van der Waals surface area contributed by atoms with E-state index in [1.165, 1.54) is 4.88 Å². The molecule has 0 aliphatic heterocycles. The molecule has 0 spiro atoms. The molecule has 0 bridgehead atoms. The van der Waals surface area contributed by atoms with E-state index < -0.39 is 0 Å². The van der Waals surface area contributed by atoms with Crippen LogP contribution in [-0.2, 0) is 5.75 Å². The zero-order valence-corrected chi connectivity index (χ0v) is 11.0. The molecule has 78 valence electrons. The molecule has 2 nitrogen and oxygen atoms in total. The summed E-state index contributed by atoms with van der Waals surface area (Å²) >= 11 is 6.85. The maximum atomic E-state index is 5.80. The van der Waals surface area contributed by atoms with E-state index in [1.807, 2.05) is 12.1 Å². The number of thioether (sulfide) groups is 1. The zero-order chi connectivity index (χ0) is 10.7. The molecule has 0 aromatic carbocycles. The molecule has 0 aliphatic carbocycles. The fourth-order valence-corrected chi connectivity index (χ4v) is 3.53. The largest absolute Gasteiger partial charge is 0.397 e. The Morgan fingerprint density at radius 1 is 1.40 bits per heavy atom. The van der Waals surface area contributed by atoms with Crippen LogP contribution in [0.1, 0.15) is 4.88 Å². The third-order valence-corrected chi connectivity index (χ3v) is 4.66. The Kier molecular flexibility index (Phi) is 3.66. The average Bonchev–Trinajstić information content (AvgIpc) is 2.63. The number of pyridine rings is 1. The van der Waals surface area contributed by atoms with Crippen molar-refractivity contribution in [1.82, 2.24) is 4.98 Å². The number of thiophene rings is 1. The van der Waals surface area contributed by atoms with Gasteiger partial charge in [-0.25, -0.2) is 4.98 Å². The van der Waals surface area contributed by atoms with Gasteiger partial charge in [0.25, 0.3) is 0 Å². The molecular weight excluding hydrogens is 292 g/mol. The first-order chi connectivity index (χ1) is 7.25. The van der Waals surface area contributed by atoms with Crippen molar-refractivity contribution in [2.45, 2.75) is 10.8 Å². The van der Waals surface area contributed by atoms with Gasteiger partial charge in [-0.05, 0) is 40.2 Å². The van der Waals surface area contributed by atoms with Crippen LogP contribution in [0.15, 0.2) is 39.3 Å². The Hall–Kier alpha value is -0.520. The van der Waals surface area contributed by atoms with Crippen LogP contribution in [0.5, 0.6) is 0 Å². The Balaban J connectivity index is 2.02. The normalized spacial score (nSPS) is 10.5. The van der Waals surface area contributed by atoms with Gasteiger partial charge in [0.15, 0.2) is 0 Å². The summed E-state index contributed by atoms with van der Waals surface area (Å²) in [5.41, 5.74) is 6.55. The van der Waals surface area contributed by atoms with Crippen molar-refractivity contribution in [2.75, 3.05) is 5.73 Å². The van der Waals surface area contributed by atoms with Crippen LogP contribution in [-0.4, -0.2) is 4.98 Å².